The Morgan fingerprint density at radius 3 is 2.55 bits per heavy atom. The van der Waals surface area contributed by atoms with Crippen molar-refractivity contribution in [3.8, 4) is 6.07 Å². The summed E-state index contributed by atoms with van der Waals surface area (Å²) in [5, 5.41) is 8.65. The predicted molar refractivity (Wildman–Crippen MR) is 43.2 cm³/mol. The number of nitriles is 1. The maximum Gasteiger partial charge on any atom is 0.143 e. The van der Waals surface area contributed by atoms with Gasteiger partial charge in [-0.2, -0.15) is 5.26 Å². The molecule has 0 saturated heterocycles. The van der Waals surface area contributed by atoms with Crippen LogP contribution in [0, 0.1) is 32.1 Å². The van der Waals surface area contributed by atoms with E-state index in [1.54, 1.807) is 0 Å². The van der Waals surface area contributed by atoms with Crippen molar-refractivity contribution in [3.63, 3.8) is 0 Å². The van der Waals surface area contributed by atoms with Gasteiger partial charge in [-0.3, -0.25) is 0 Å². The number of pyridine rings is 1. The Hall–Kier alpha value is -1.36. The zero-order chi connectivity index (χ0) is 8.43. The van der Waals surface area contributed by atoms with Crippen molar-refractivity contribution in [3.05, 3.63) is 28.6 Å². The van der Waals surface area contributed by atoms with Crippen LogP contribution in [-0.2, 0) is 0 Å². The molecular weight excluding hydrogens is 136 g/mol. The zero-order valence-corrected chi connectivity index (χ0v) is 6.97. The first kappa shape index (κ1) is 7.74. The second-order valence-electron chi connectivity index (χ2n) is 2.67. The van der Waals surface area contributed by atoms with Crippen molar-refractivity contribution < 1.29 is 0 Å². The summed E-state index contributed by atoms with van der Waals surface area (Å²) >= 11 is 0. The summed E-state index contributed by atoms with van der Waals surface area (Å²) in [7, 11) is 0. The van der Waals surface area contributed by atoms with Crippen LogP contribution in [0.2, 0.25) is 0 Å². The van der Waals surface area contributed by atoms with Crippen LogP contribution in [0.4, 0.5) is 0 Å². The minimum atomic E-state index is 0.544. The predicted octanol–water partition coefficient (Wildman–Crippen LogP) is 1.88. The second-order valence-corrected chi connectivity index (χ2v) is 2.67. The van der Waals surface area contributed by atoms with E-state index >= 15 is 0 Å². The first-order valence-electron chi connectivity index (χ1n) is 3.50. The average Bonchev–Trinajstić information content (AvgIpc) is 1.96. The third-order valence-electron chi connectivity index (χ3n) is 1.77. The highest BCUT2D eigenvalue weighted by Crippen LogP contribution is 2.10. The highest BCUT2D eigenvalue weighted by molar-refractivity contribution is 5.37. The van der Waals surface area contributed by atoms with Crippen molar-refractivity contribution in [1.82, 2.24) is 4.98 Å². The highest BCUT2D eigenvalue weighted by atomic mass is 14.7. The van der Waals surface area contributed by atoms with Crippen LogP contribution >= 0.6 is 0 Å². The zero-order valence-electron chi connectivity index (χ0n) is 6.97. The van der Waals surface area contributed by atoms with Crippen LogP contribution in [0.5, 0.6) is 0 Å². The fourth-order valence-electron chi connectivity index (χ4n) is 1.01. The molecule has 0 aliphatic rings. The van der Waals surface area contributed by atoms with Gasteiger partial charge in [0.05, 0.1) is 0 Å². The smallest absolute Gasteiger partial charge is 0.143 e. The van der Waals surface area contributed by atoms with Crippen LogP contribution in [0.1, 0.15) is 22.5 Å². The van der Waals surface area contributed by atoms with E-state index in [1.165, 1.54) is 0 Å². The summed E-state index contributed by atoms with van der Waals surface area (Å²) in [5.41, 5.74) is 3.57. The lowest BCUT2D eigenvalue weighted by Crippen LogP contribution is -1.93. The molecule has 0 saturated carbocycles. The van der Waals surface area contributed by atoms with Gasteiger partial charge in [0.2, 0.25) is 0 Å². The van der Waals surface area contributed by atoms with E-state index in [2.05, 4.69) is 11.1 Å². The molecule has 0 radical (unpaired) electrons. The highest BCUT2D eigenvalue weighted by Gasteiger charge is 2.01. The Morgan fingerprint density at radius 2 is 2.00 bits per heavy atom. The first-order valence-corrected chi connectivity index (χ1v) is 3.50. The summed E-state index contributed by atoms with van der Waals surface area (Å²) in [6.45, 7) is 5.80. The Labute approximate surface area is 66.5 Å². The lowest BCUT2D eigenvalue weighted by atomic mass is 10.1. The van der Waals surface area contributed by atoms with Gasteiger partial charge >= 0.3 is 0 Å². The number of aromatic nitrogens is 1. The maximum absolute atomic E-state index is 8.65. The van der Waals surface area contributed by atoms with Crippen molar-refractivity contribution in [1.29, 1.82) is 5.26 Å². The van der Waals surface area contributed by atoms with Crippen LogP contribution in [0.25, 0.3) is 0 Å². The molecule has 0 spiro atoms. The van der Waals surface area contributed by atoms with Gasteiger partial charge in [-0.1, -0.05) is 0 Å². The van der Waals surface area contributed by atoms with Crippen LogP contribution < -0.4 is 0 Å². The molecule has 0 fully saturated rings. The first-order chi connectivity index (χ1) is 5.15. The van der Waals surface area contributed by atoms with E-state index in [0.717, 1.165) is 16.8 Å². The summed E-state index contributed by atoms with van der Waals surface area (Å²) in [6, 6.07) is 4.05. The molecule has 1 heterocycles. The van der Waals surface area contributed by atoms with Crippen molar-refractivity contribution >= 4 is 0 Å². The molecule has 0 aromatic carbocycles. The quantitative estimate of drug-likeness (QED) is 0.560. The number of nitrogens with zero attached hydrogens (tertiary/aromatic N) is 2. The molecule has 1 aromatic heterocycles. The Bertz CT molecular complexity index is 321. The summed E-state index contributed by atoms with van der Waals surface area (Å²) < 4.78 is 0. The molecule has 0 N–H and O–H groups in total. The van der Waals surface area contributed by atoms with Gasteiger partial charge in [-0.25, -0.2) is 4.98 Å². The lowest BCUT2D eigenvalue weighted by molar-refractivity contribution is 1.11. The van der Waals surface area contributed by atoms with E-state index in [9.17, 15) is 0 Å². The maximum atomic E-state index is 8.65. The molecule has 11 heavy (non-hydrogen) atoms. The van der Waals surface area contributed by atoms with E-state index in [-0.39, 0.29) is 0 Å². The van der Waals surface area contributed by atoms with Crippen molar-refractivity contribution in [2.24, 2.45) is 0 Å². The van der Waals surface area contributed by atoms with Crippen molar-refractivity contribution in [2.75, 3.05) is 0 Å². The molecule has 1 rings (SSSR count). The van der Waals surface area contributed by atoms with E-state index in [4.69, 9.17) is 5.26 Å². The monoisotopic (exact) mass is 146 g/mol. The number of hydrogen-bond acceptors (Lipinski definition) is 2. The molecule has 0 bridgehead atoms. The van der Waals surface area contributed by atoms with Gasteiger partial charge in [-0.05, 0) is 38.0 Å². The summed E-state index contributed by atoms with van der Waals surface area (Å²) in [5.74, 6) is 0. The molecular formula is C9H10N2. The number of rotatable bonds is 0. The second kappa shape index (κ2) is 2.71. The van der Waals surface area contributed by atoms with Crippen LogP contribution in [-0.4, -0.2) is 4.98 Å². The van der Waals surface area contributed by atoms with Gasteiger partial charge in [-0.15, -0.1) is 0 Å². The summed E-state index contributed by atoms with van der Waals surface area (Å²) in [4.78, 5) is 4.09. The largest absolute Gasteiger partial charge is 0.242 e. The third-order valence-corrected chi connectivity index (χ3v) is 1.77. The van der Waals surface area contributed by atoms with Crippen LogP contribution in [0.3, 0.4) is 0 Å². The van der Waals surface area contributed by atoms with E-state index in [1.807, 2.05) is 26.8 Å². The van der Waals surface area contributed by atoms with Gasteiger partial charge in [0.15, 0.2) is 0 Å². The molecule has 0 atom stereocenters. The summed E-state index contributed by atoms with van der Waals surface area (Å²) in [6.07, 6.45) is 0. The topological polar surface area (TPSA) is 36.7 Å². The fraction of sp³-hybridized carbons (Fsp3) is 0.333. The Morgan fingerprint density at radius 1 is 1.36 bits per heavy atom. The lowest BCUT2D eigenvalue weighted by Gasteiger charge is -2.01. The van der Waals surface area contributed by atoms with E-state index < -0.39 is 0 Å². The minimum absolute atomic E-state index is 0.544. The molecule has 56 valence electrons. The van der Waals surface area contributed by atoms with Crippen LogP contribution in [0.15, 0.2) is 6.07 Å². The molecule has 1 aromatic rings. The van der Waals surface area contributed by atoms with Gasteiger partial charge in [0.25, 0.3) is 0 Å². The standard InChI is InChI=1S/C9H10N2/c1-6-4-7(2)11-9(5-10)8(6)3/h4H,1-3H3. The number of hydrogen-bond donors (Lipinski definition) is 0. The Kier molecular flexibility index (Phi) is 1.91. The molecule has 0 aliphatic heterocycles. The van der Waals surface area contributed by atoms with Gasteiger partial charge in [0, 0.05) is 5.69 Å². The molecule has 2 nitrogen and oxygen atoms in total. The number of aryl methyl sites for hydroxylation is 2. The molecule has 0 aliphatic carbocycles. The normalized spacial score (nSPS) is 9.27. The fourth-order valence-corrected chi connectivity index (χ4v) is 1.01. The van der Waals surface area contributed by atoms with Gasteiger partial charge in [0.1, 0.15) is 11.8 Å². The van der Waals surface area contributed by atoms with E-state index in [0.29, 0.717) is 5.69 Å². The molecule has 0 amide bonds. The average molecular weight is 146 g/mol. The SMILES string of the molecule is Cc1cc(C)c(C)c(C#N)n1. The third kappa shape index (κ3) is 1.38. The molecule has 2 heteroatoms. The van der Waals surface area contributed by atoms with Gasteiger partial charge < -0.3 is 0 Å². The molecule has 0 unspecified atom stereocenters. The Balaban J connectivity index is 3.39. The minimum Gasteiger partial charge on any atom is -0.242 e. The van der Waals surface area contributed by atoms with Crippen molar-refractivity contribution in [2.45, 2.75) is 20.8 Å².